The summed E-state index contributed by atoms with van der Waals surface area (Å²) in [5, 5.41) is 2.90. The molecule has 0 fully saturated rings. The van der Waals surface area contributed by atoms with Crippen LogP contribution in [0.5, 0.6) is 0 Å². The van der Waals surface area contributed by atoms with Gasteiger partial charge in [-0.2, -0.15) is 0 Å². The molecular weight excluding hydrogens is 323 g/mol. The van der Waals surface area contributed by atoms with Crippen LogP contribution in [0.2, 0.25) is 0 Å². The number of aromatic nitrogens is 2. The number of imidazole rings is 1. The van der Waals surface area contributed by atoms with E-state index < -0.39 is 0 Å². The van der Waals surface area contributed by atoms with Gasteiger partial charge >= 0.3 is 0 Å². The summed E-state index contributed by atoms with van der Waals surface area (Å²) in [6.45, 7) is 3.13. The van der Waals surface area contributed by atoms with Crippen LogP contribution in [0.1, 0.15) is 18.5 Å². The van der Waals surface area contributed by atoms with E-state index in [0.717, 1.165) is 5.56 Å². The number of benzene rings is 1. The Hall–Kier alpha value is -1.56. The zero-order valence-corrected chi connectivity index (χ0v) is 14.0. The van der Waals surface area contributed by atoms with E-state index in [1.165, 1.54) is 0 Å². The zero-order chi connectivity index (χ0) is 14.4. The van der Waals surface area contributed by atoms with Crippen LogP contribution in [0.4, 0.5) is 0 Å². The minimum absolute atomic E-state index is 0. The standard InChI is InChI=1S/C15H20N4O.2ClH/c1-12(14(16)13-5-3-2-4-6-13)15(20)18-8-10-19-9-7-17-11-19;;/h2-7,9,11-12,14H,8,10,16H2,1H3,(H,18,20);2*1H. The molecule has 0 saturated heterocycles. The van der Waals surface area contributed by atoms with Crippen molar-refractivity contribution in [3.63, 3.8) is 0 Å². The second-order valence-corrected chi connectivity index (χ2v) is 4.82. The van der Waals surface area contributed by atoms with Crippen LogP contribution in [0.3, 0.4) is 0 Å². The molecule has 0 bridgehead atoms. The van der Waals surface area contributed by atoms with E-state index in [2.05, 4.69) is 10.3 Å². The number of carbonyl (C=O) groups excluding carboxylic acids is 1. The van der Waals surface area contributed by atoms with E-state index in [0.29, 0.717) is 13.1 Å². The van der Waals surface area contributed by atoms with Gasteiger partial charge in [-0.25, -0.2) is 4.98 Å². The lowest BCUT2D eigenvalue weighted by molar-refractivity contribution is -0.125. The first kappa shape index (κ1) is 20.4. The van der Waals surface area contributed by atoms with Crippen molar-refractivity contribution in [3.05, 3.63) is 54.6 Å². The van der Waals surface area contributed by atoms with Crippen molar-refractivity contribution in [1.29, 1.82) is 0 Å². The molecule has 5 nitrogen and oxygen atoms in total. The van der Waals surface area contributed by atoms with E-state index in [1.54, 1.807) is 12.5 Å². The molecule has 7 heteroatoms. The molecule has 3 N–H and O–H groups in total. The van der Waals surface area contributed by atoms with Gasteiger partial charge in [0.2, 0.25) is 5.91 Å². The number of nitrogens with zero attached hydrogens (tertiary/aromatic N) is 2. The van der Waals surface area contributed by atoms with Gasteiger partial charge in [0, 0.05) is 31.5 Å². The highest BCUT2D eigenvalue weighted by Crippen LogP contribution is 2.18. The van der Waals surface area contributed by atoms with Gasteiger partial charge in [0.05, 0.1) is 12.2 Å². The highest BCUT2D eigenvalue weighted by atomic mass is 35.5. The molecule has 22 heavy (non-hydrogen) atoms. The van der Waals surface area contributed by atoms with Gasteiger partial charge in [-0.05, 0) is 5.56 Å². The third kappa shape index (κ3) is 5.67. The molecule has 1 aromatic heterocycles. The molecule has 1 amide bonds. The molecule has 2 aromatic rings. The van der Waals surface area contributed by atoms with E-state index in [9.17, 15) is 4.79 Å². The lowest BCUT2D eigenvalue weighted by Gasteiger charge is -2.19. The third-order valence-electron chi connectivity index (χ3n) is 3.37. The Morgan fingerprint density at radius 2 is 2.00 bits per heavy atom. The molecule has 0 aliphatic rings. The largest absolute Gasteiger partial charge is 0.354 e. The van der Waals surface area contributed by atoms with Crippen molar-refractivity contribution in [2.75, 3.05) is 6.54 Å². The highest BCUT2D eigenvalue weighted by Gasteiger charge is 2.21. The van der Waals surface area contributed by atoms with Gasteiger partial charge in [-0.15, -0.1) is 24.8 Å². The first-order chi connectivity index (χ1) is 9.68. The summed E-state index contributed by atoms with van der Waals surface area (Å²) >= 11 is 0. The van der Waals surface area contributed by atoms with Crippen molar-refractivity contribution >= 4 is 30.7 Å². The van der Waals surface area contributed by atoms with Crippen LogP contribution in [-0.2, 0) is 11.3 Å². The predicted molar refractivity (Wildman–Crippen MR) is 92.3 cm³/mol. The maximum atomic E-state index is 12.1. The van der Waals surface area contributed by atoms with E-state index >= 15 is 0 Å². The second kappa shape index (κ2) is 10.2. The Bertz CT molecular complexity index is 534. The minimum Gasteiger partial charge on any atom is -0.354 e. The van der Waals surface area contributed by atoms with Crippen molar-refractivity contribution in [2.45, 2.75) is 19.5 Å². The summed E-state index contributed by atoms with van der Waals surface area (Å²) in [5.74, 6) is -0.290. The fraction of sp³-hybridized carbons (Fsp3) is 0.333. The predicted octanol–water partition coefficient (Wildman–Crippen LogP) is 2.18. The Balaban J connectivity index is 0.00000220. The van der Waals surface area contributed by atoms with Gasteiger partial charge in [-0.1, -0.05) is 37.3 Å². The Kier molecular flexibility index (Phi) is 9.49. The van der Waals surface area contributed by atoms with Crippen LogP contribution in [-0.4, -0.2) is 22.0 Å². The van der Waals surface area contributed by atoms with Gasteiger partial charge in [0.1, 0.15) is 0 Å². The molecule has 1 aromatic carbocycles. The summed E-state index contributed by atoms with van der Waals surface area (Å²) in [7, 11) is 0. The molecule has 1 heterocycles. The van der Waals surface area contributed by atoms with E-state index in [4.69, 9.17) is 5.73 Å². The summed E-state index contributed by atoms with van der Waals surface area (Å²) in [4.78, 5) is 16.0. The second-order valence-electron chi connectivity index (χ2n) is 4.82. The number of halogens is 2. The average Bonchev–Trinajstić information content (AvgIpc) is 2.99. The van der Waals surface area contributed by atoms with Gasteiger partial charge in [0.15, 0.2) is 0 Å². The number of nitrogens with two attached hydrogens (primary N) is 1. The number of rotatable bonds is 6. The molecular formula is C15H22Cl2N4O. The smallest absolute Gasteiger partial charge is 0.224 e. The van der Waals surface area contributed by atoms with Crippen LogP contribution >= 0.6 is 24.8 Å². The lowest BCUT2D eigenvalue weighted by Crippen LogP contribution is -2.37. The van der Waals surface area contributed by atoms with E-state index in [1.807, 2.05) is 48.0 Å². The molecule has 2 unspecified atom stereocenters. The Morgan fingerprint density at radius 3 is 2.59 bits per heavy atom. The first-order valence-electron chi connectivity index (χ1n) is 6.72. The number of carbonyl (C=O) groups is 1. The van der Waals surface area contributed by atoms with Crippen molar-refractivity contribution in [3.8, 4) is 0 Å². The Morgan fingerprint density at radius 1 is 1.32 bits per heavy atom. The average molecular weight is 345 g/mol. The van der Waals surface area contributed by atoms with Gasteiger partial charge in [0.25, 0.3) is 0 Å². The number of amides is 1. The van der Waals surface area contributed by atoms with E-state index in [-0.39, 0.29) is 42.7 Å². The summed E-state index contributed by atoms with van der Waals surface area (Å²) in [6.07, 6.45) is 5.31. The third-order valence-corrected chi connectivity index (χ3v) is 3.37. The number of hydrogen-bond acceptors (Lipinski definition) is 3. The van der Waals surface area contributed by atoms with Crippen molar-refractivity contribution in [1.82, 2.24) is 14.9 Å². The quantitative estimate of drug-likeness (QED) is 0.843. The van der Waals surface area contributed by atoms with Gasteiger partial charge in [-0.3, -0.25) is 4.79 Å². The van der Waals surface area contributed by atoms with Crippen LogP contribution in [0.15, 0.2) is 49.1 Å². The fourth-order valence-electron chi connectivity index (χ4n) is 2.02. The molecule has 2 rings (SSSR count). The maximum absolute atomic E-state index is 12.1. The molecule has 0 aliphatic heterocycles. The fourth-order valence-corrected chi connectivity index (χ4v) is 2.02. The topological polar surface area (TPSA) is 72.9 Å². The molecule has 0 saturated carbocycles. The summed E-state index contributed by atoms with van der Waals surface area (Å²) in [5.41, 5.74) is 7.11. The lowest BCUT2D eigenvalue weighted by atomic mass is 9.95. The zero-order valence-electron chi connectivity index (χ0n) is 12.4. The van der Waals surface area contributed by atoms with Crippen LogP contribution in [0.25, 0.3) is 0 Å². The van der Waals surface area contributed by atoms with Crippen molar-refractivity contribution < 1.29 is 4.79 Å². The summed E-state index contributed by atoms with van der Waals surface area (Å²) in [6, 6.07) is 9.40. The molecule has 0 aliphatic carbocycles. The number of hydrogen-bond donors (Lipinski definition) is 2. The first-order valence-corrected chi connectivity index (χ1v) is 6.72. The van der Waals surface area contributed by atoms with Crippen LogP contribution in [0, 0.1) is 5.92 Å². The van der Waals surface area contributed by atoms with Crippen LogP contribution < -0.4 is 11.1 Å². The Labute approximate surface area is 143 Å². The SMILES string of the molecule is CC(C(=O)NCCn1ccnc1)C(N)c1ccccc1.Cl.Cl. The van der Waals surface area contributed by atoms with Gasteiger partial charge < -0.3 is 15.6 Å². The number of nitrogens with one attached hydrogen (secondary N) is 1. The van der Waals surface area contributed by atoms with Crippen molar-refractivity contribution in [2.24, 2.45) is 11.7 Å². The minimum atomic E-state index is -0.288. The molecule has 0 radical (unpaired) electrons. The summed E-state index contributed by atoms with van der Waals surface area (Å²) < 4.78 is 1.92. The molecule has 2 atom stereocenters. The monoisotopic (exact) mass is 344 g/mol. The maximum Gasteiger partial charge on any atom is 0.224 e. The molecule has 122 valence electrons. The highest BCUT2D eigenvalue weighted by molar-refractivity contribution is 5.85. The molecule has 0 spiro atoms. The normalized spacial score (nSPS) is 12.5.